The first-order chi connectivity index (χ1) is 16.1. The fourth-order valence-electron chi connectivity index (χ4n) is 4.69. The Kier molecular flexibility index (Phi) is 5.31. The van der Waals surface area contributed by atoms with Gasteiger partial charge < -0.3 is 20.5 Å². The summed E-state index contributed by atoms with van der Waals surface area (Å²) in [4.78, 5) is 11.4. The van der Waals surface area contributed by atoms with Gasteiger partial charge in [-0.05, 0) is 39.7 Å². The molecule has 11 heteroatoms. The van der Waals surface area contributed by atoms with Gasteiger partial charge in [0.25, 0.3) is 0 Å². The molecule has 5 rings (SSSR count). The van der Waals surface area contributed by atoms with Crippen molar-refractivity contribution >= 4 is 28.2 Å². The number of nitrogen functional groups attached to an aromatic ring is 1. The van der Waals surface area contributed by atoms with Crippen molar-refractivity contribution in [3.63, 3.8) is 0 Å². The Morgan fingerprint density at radius 3 is 2.82 bits per heavy atom. The molecule has 34 heavy (non-hydrogen) atoms. The molecule has 4 aromatic rings. The predicted molar refractivity (Wildman–Crippen MR) is 127 cm³/mol. The standard InChI is InChI=1S/C23H29FN8O2/c1-13-17(10-26-31(13)12-23(2,3)33)30-7-5-6-14(11-30)20-28-21-16-8-15(24)9-18(34-4)19(16)27-22(25)32(21)29-20/h8-10,14,33H,5-7,11-12H2,1-4H3,(H2,25,27)/t14-/m1/s1. The van der Waals surface area contributed by atoms with Gasteiger partial charge in [0, 0.05) is 25.1 Å². The molecule has 1 fully saturated rings. The van der Waals surface area contributed by atoms with Crippen LogP contribution in [0, 0.1) is 12.7 Å². The van der Waals surface area contributed by atoms with Crippen molar-refractivity contribution in [2.45, 2.75) is 51.7 Å². The normalized spacial score (nSPS) is 17.1. The average Bonchev–Trinajstić information content (AvgIpc) is 3.38. The molecule has 0 saturated carbocycles. The highest BCUT2D eigenvalue weighted by Gasteiger charge is 2.28. The van der Waals surface area contributed by atoms with Crippen LogP contribution < -0.4 is 15.4 Å². The minimum absolute atomic E-state index is 0.0654. The lowest BCUT2D eigenvalue weighted by molar-refractivity contribution is 0.0571. The maximum atomic E-state index is 14.2. The van der Waals surface area contributed by atoms with Crippen LogP contribution in [0.1, 0.15) is 44.1 Å². The van der Waals surface area contributed by atoms with Crippen LogP contribution in [0.5, 0.6) is 5.75 Å². The van der Waals surface area contributed by atoms with E-state index in [9.17, 15) is 9.50 Å². The third-order valence-electron chi connectivity index (χ3n) is 6.31. The second-order valence-electron chi connectivity index (χ2n) is 9.55. The number of ether oxygens (including phenoxy) is 1. The van der Waals surface area contributed by atoms with Gasteiger partial charge in [-0.2, -0.15) is 9.61 Å². The molecule has 0 radical (unpaired) electrons. The number of benzene rings is 1. The first kappa shape index (κ1) is 22.3. The zero-order valence-corrected chi connectivity index (χ0v) is 19.8. The van der Waals surface area contributed by atoms with Gasteiger partial charge in [0.05, 0.1) is 42.2 Å². The van der Waals surface area contributed by atoms with Crippen LogP contribution >= 0.6 is 0 Å². The maximum absolute atomic E-state index is 14.2. The maximum Gasteiger partial charge on any atom is 0.223 e. The van der Waals surface area contributed by atoms with Gasteiger partial charge in [-0.15, -0.1) is 5.10 Å². The van der Waals surface area contributed by atoms with E-state index in [4.69, 9.17) is 15.5 Å². The Morgan fingerprint density at radius 2 is 2.09 bits per heavy atom. The monoisotopic (exact) mass is 468 g/mol. The molecule has 1 aliphatic rings. The van der Waals surface area contributed by atoms with E-state index in [-0.39, 0.29) is 11.9 Å². The van der Waals surface area contributed by atoms with E-state index in [1.165, 1.54) is 23.8 Å². The molecular formula is C23H29FN8O2. The average molecular weight is 469 g/mol. The van der Waals surface area contributed by atoms with Gasteiger partial charge in [0.15, 0.2) is 11.5 Å². The van der Waals surface area contributed by atoms with Crippen molar-refractivity contribution in [3.8, 4) is 5.75 Å². The summed E-state index contributed by atoms with van der Waals surface area (Å²) in [6, 6.07) is 2.66. The van der Waals surface area contributed by atoms with Crippen molar-refractivity contribution in [2.75, 3.05) is 30.8 Å². The first-order valence-corrected chi connectivity index (χ1v) is 11.3. The van der Waals surface area contributed by atoms with Crippen molar-refractivity contribution in [3.05, 3.63) is 35.7 Å². The molecule has 0 spiro atoms. The van der Waals surface area contributed by atoms with E-state index in [0.29, 0.717) is 34.7 Å². The number of anilines is 2. The lowest BCUT2D eigenvalue weighted by Crippen LogP contribution is -2.35. The van der Waals surface area contributed by atoms with Gasteiger partial charge in [-0.3, -0.25) is 4.68 Å². The number of aromatic nitrogens is 6. The molecule has 0 aliphatic carbocycles. The molecule has 1 atom stereocenters. The molecule has 1 saturated heterocycles. The van der Waals surface area contributed by atoms with E-state index in [1.807, 2.05) is 17.8 Å². The molecule has 10 nitrogen and oxygen atoms in total. The zero-order valence-electron chi connectivity index (χ0n) is 19.8. The van der Waals surface area contributed by atoms with Crippen LogP contribution in [0.3, 0.4) is 0 Å². The van der Waals surface area contributed by atoms with Crippen molar-refractivity contribution in [1.29, 1.82) is 0 Å². The number of nitrogens with zero attached hydrogens (tertiary/aromatic N) is 7. The molecule has 0 amide bonds. The fourth-order valence-corrected chi connectivity index (χ4v) is 4.69. The van der Waals surface area contributed by atoms with Gasteiger partial charge >= 0.3 is 0 Å². The lowest BCUT2D eigenvalue weighted by Gasteiger charge is -2.33. The predicted octanol–water partition coefficient (Wildman–Crippen LogP) is 2.67. The number of nitrogens with two attached hydrogens (primary N) is 1. The number of hydrogen-bond acceptors (Lipinski definition) is 8. The Balaban J connectivity index is 1.49. The summed E-state index contributed by atoms with van der Waals surface area (Å²) in [5, 5.41) is 19.8. The highest BCUT2D eigenvalue weighted by molar-refractivity contribution is 5.95. The number of piperidine rings is 1. The Bertz CT molecular complexity index is 1370. The molecule has 0 unspecified atom stereocenters. The minimum atomic E-state index is -0.849. The van der Waals surface area contributed by atoms with Crippen LogP contribution in [0.15, 0.2) is 18.3 Å². The summed E-state index contributed by atoms with van der Waals surface area (Å²) in [5.41, 5.74) is 8.28. The Labute approximate surface area is 196 Å². The molecule has 180 valence electrons. The molecule has 1 aromatic carbocycles. The van der Waals surface area contributed by atoms with Gasteiger partial charge in [0.1, 0.15) is 17.1 Å². The SMILES string of the molecule is COc1cc(F)cc2c1nc(N)n1nc([C@@H]3CCCN(c4cnn(CC(C)(C)O)c4C)C3)nc21. The molecule has 1 aliphatic heterocycles. The smallest absolute Gasteiger partial charge is 0.223 e. The fraction of sp³-hybridized carbons (Fsp3) is 0.478. The number of aliphatic hydroxyl groups is 1. The van der Waals surface area contributed by atoms with E-state index in [1.54, 1.807) is 13.8 Å². The van der Waals surface area contributed by atoms with Crippen molar-refractivity contribution in [1.82, 2.24) is 29.4 Å². The lowest BCUT2D eigenvalue weighted by atomic mass is 9.97. The summed E-state index contributed by atoms with van der Waals surface area (Å²) >= 11 is 0. The molecule has 3 aromatic heterocycles. The van der Waals surface area contributed by atoms with Crippen molar-refractivity contribution < 1.29 is 14.2 Å². The van der Waals surface area contributed by atoms with E-state index >= 15 is 0 Å². The molecule has 4 heterocycles. The van der Waals surface area contributed by atoms with E-state index in [2.05, 4.69) is 20.1 Å². The number of halogens is 1. The summed E-state index contributed by atoms with van der Waals surface area (Å²) in [5.74, 6) is 0.745. The third-order valence-corrected chi connectivity index (χ3v) is 6.31. The zero-order chi connectivity index (χ0) is 24.2. The van der Waals surface area contributed by atoms with Crippen LogP contribution in [0.4, 0.5) is 16.0 Å². The first-order valence-electron chi connectivity index (χ1n) is 11.3. The molecule has 3 N–H and O–H groups in total. The minimum Gasteiger partial charge on any atom is -0.494 e. The van der Waals surface area contributed by atoms with Crippen LogP contribution in [0.2, 0.25) is 0 Å². The molecule has 0 bridgehead atoms. The highest BCUT2D eigenvalue weighted by Crippen LogP contribution is 2.33. The van der Waals surface area contributed by atoms with Gasteiger partial charge in [0.2, 0.25) is 5.95 Å². The largest absolute Gasteiger partial charge is 0.494 e. The van der Waals surface area contributed by atoms with E-state index < -0.39 is 11.4 Å². The number of methoxy groups -OCH3 is 1. The quantitative estimate of drug-likeness (QED) is 0.459. The Morgan fingerprint density at radius 1 is 1.29 bits per heavy atom. The third kappa shape index (κ3) is 3.89. The van der Waals surface area contributed by atoms with Crippen molar-refractivity contribution in [2.24, 2.45) is 0 Å². The number of fused-ring (bicyclic) bond motifs is 3. The Hall–Kier alpha value is -3.47. The van der Waals surface area contributed by atoms with Crippen LogP contribution in [-0.2, 0) is 6.54 Å². The van der Waals surface area contributed by atoms with Gasteiger partial charge in [-0.1, -0.05) is 0 Å². The van der Waals surface area contributed by atoms with E-state index in [0.717, 1.165) is 37.3 Å². The second kappa shape index (κ2) is 8.08. The van der Waals surface area contributed by atoms with Crippen LogP contribution in [-0.4, -0.2) is 60.3 Å². The summed E-state index contributed by atoms with van der Waals surface area (Å²) < 4.78 is 22.8. The van der Waals surface area contributed by atoms with Crippen LogP contribution in [0.25, 0.3) is 16.6 Å². The molecular weight excluding hydrogens is 439 g/mol. The summed E-state index contributed by atoms with van der Waals surface area (Å²) in [6.07, 6.45) is 3.74. The summed E-state index contributed by atoms with van der Waals surface area (Å²) in [6.45, 7) is 7.59. The second-order valence-corrected chi connectivity index (χ2v) is 9.55. The number of hydrogen-bond donors (Lipinski definition) is 2. The summed E-state index contributed by atoms with van der Waals surface area (Å²) in [7, 11) is 1.47. The topological polar surface area (TPSA) is 120 Å². The van der Waals surface area contributed by atoms with Gasteiger partial charge in [-0.25, -0.2) is 14.4 Å². The highest BCUT2D eigenvalue weighted by atomic mass is 19.1. The number of rotatable bonds is 5.